The van der Waals surface area contributed by atoms with E-state index in [1.54, 1.807) is 35.1 Å². The number of rotatable bonds is 7. The summed E-state index contributed by atoms with van der Waals surface area (Å²) in [5.41, 5.74) is 4.15. The third-order valence-corrected chi connectivity index (χ3v) is 6.84. The summed E-state index contributed by atoms with van der Waals surface area (Å²) in [6, 6.07) is 17.9. The van der Waals surface area contributed by atoms with Gasteiger partial charge < -0.3 is 9.45 Å². The molecule has 5 heterocycles. The fourth-order valence-electron chi connectivity index (χ4n) is 4.76. The molecule has 38 heavy (non-hydrogen) atoms. The molecule has 0 spiro atoms. The van der Waals surface area contributed by atoms with Crippen LogP contribution in [0.4, 0.5) is 10.2 Å². The van der Waals surface area contributed by atoms with Gasteiger partial charge in [0.05, 0.1) is 35.9 Å². The van der Waals surface area contributed by atoms with Crippen molar-refractivity contribution in [1.29, 1.82) is 0 Å². The Hall–Kier alpha value is -4.13. The van der Waals surface area contributed by atoms with Crippen molar-refractivity contribution in [3.63, 3.8) is 0 Å². The number of fused-ring (bicyclic) bond motifs is 1. The summed E-state index contributed by atoms with van der Waals surface area (Å²) in [7, 11) is 0. The Morgan fingerprint density at radius 2 is 1.87 bits per heavy atom. The molecule has 192 valence electrons. The lowest BCUT2D eigenvalue weighted by molar-refractivity contribution is 0.521. The van der Waals surface area contributed by atoms with Crippen LogP contribution in [0.1, 0.15) is 30.3 Å². The van der Waals surface area contributed by atoms with Gasteiger partial charge in [0.25, 0.3) is 0 Å². The number of imidazole rings is 1. The van der Waals surface area contributed by atoms with Crippen LogP contribution >= 0.6 is 0 Å². The number of anilines is 1. The molecule has 1 aromatic carbocycles. The van der Waals surface area contributed by atoms with Gasteiger partial charge in [0.1, 0.15) is 23.2 Å². The van der Waals surface area contributed by atoms with Crippen LogP contribution in [0.2, 0.25) is 0 Å². The van der Waals surface area contributed by atoms with Crippen molar-refractivity contribution in [2.24, 2.45) is 0 Å². The van der Waals surface area contributed by atoms with E-state index in [4.69, 9.17) is 10.1 Å². The predicted octanol–water partition coefficient (Wildman–Crippen LogP) is 3.61. The van der Waals surface area contributed by atoms with Crippen LogP contribution in [0.3, 0.4) is 0 Å². The number of hydrogen-bond acceptors (Lipinski definition) is 8. The molecule has 1 saturated heterocycles. The van der Waals surface area contributed by atoms with Crippen LogP contribution in [0, 0.1) is 5.82 Å². The molecule has 1 aliphatic rings. The lowest BCUT2D eigenvalue weighted by atomic mass is 10.0. The topological polar surface area (TPSA) is 124 Å². The molecular formula is C26H22FN8O2S-. The lowest BCUT2D eigenvalue weighted by Crippen LogP contribution is -2.24. The first kappa shape index (κ1) is 24.2. The van der Waals surface area contributed by atoms with E-state index in [1.807, 2.05) is 36.4 Å². The molecule has 5 aromatic rings. The maximum atomic E-state index is 13.9. The van der Waals surface area contributed by atoms with E-state index in [0.29, 0.717) is 34.2 Å². The fraction of sp³-hybridized carbons (Fsp3) is 0.192. The van der Waals surface area contributed by atoms with Crippen LogP contribution < -0.4 is 9.62 Å². The van der Waals surface area contributed by atoms with Crippen LogP contribution in [0.5, 0.6) is 0 Å². The van der Waals surface area contributed by atoms with Crippen LogP contribution in [0.25, 0.3) is 28.4 Å². The number of aromatic nitrogens is 6. The van der Waals surface area contributed by atoms with Crippen LogP contribution in [-0.4, -0.2) is 44.9 Å². The Bertz CT molecular complexity index is 1640. The molecule has 0 saturated carbocycles. The van der Waals surface area contributed by atoms with Gasteiger partial charge in [-0.3, -0.25) is 4.21 Å². The first-order chi connectivity index (χ1) is 18.5. The Labute approximate surface area is 220 Å². The van der Waals surface area contributed by atoms with Crippen molar-refractivity contribution in [1.82, 2.24) is 34.3 Å². The molecule has 0 bridgehead atoms. The SMILES string of the molecule is O=S([O-])NCc1nccc(-c2cccc(-c3cnc4ccc(N5CCCC5c5cccc(F)c5)nn34)n2)n1. The van der Waals surface area contributed by atoms with Gasteiger partial charge in [0.15, 0.2) is 5.65 Å². The highest BCUT2D eigenvalue weighted by molar-refractivity contribution is 7.77. The molecule has 6 rings (SSSR count). The van der Waals surface area contributed by atoms with Crippen molar-refractivity contribution >= 4 is 22.7 Å². The molecular weight excluding hydrogens is 507 g/mol. The zero-order valence-electron chi connectivity index (χ0n) is 20.1. The van der Waals surface area contributed by atoms with E-state index in [-0.39, 0.29) is 18.4 Å². The zero-order valence-corrected chi connectivity index (χ0v) is 20.9. The number of benzene rings is 1. The number of pyridine rings is 1. The number of nitrogens with zero attached hydrogens (tertiary/aromatic N) is 7. The second-order valence-corrected chi connectivity index (χ2v) is 9.59. The number of hydrogen-bond donors (Lipinski definition) is 1. The molecule has 2 atom stereocenters. The van der Waals surface area contributed by atoms with E-state index in [9.17, 15) is 13.2 Å². The average molecular weight is 530 g/mol. The fourth-order valence-corrected chi connectivity index (χ4v) is 5.01. The summed E-state index contributed by atoms with van der Waals surface area (Å²) in [5.74, 6) is 0.870. The lowest BCUT2D eigenvalue weighted by Gasteiger charge is -2.26. The smallest absolute Gasteiger partial charge is 0.154 e. The van der Waals surface area contributed by atoms with Crippen molar-refractivity contribution in [2.45, 2.75) is 25.4 Å². The molecule has 1 fully saturated rings. The molecule has 0 radical (unpaired) electrons. The van der Waals surface area contributed by atoms with Gasteiger partial charge in [0.2, 0.25) is 0 Å². The van der Waals surface area contributed by atoms with Gasteiger partial charge in [-0.15, -0.1) is 5.10 Å². The summed E-state index contributed by atoms with van der Waals surface area (Å²) in [4.78, 5) is 20.0. The molecule has 1 aliphatic heterocycles. The highest BCUT2D eigenvalue weighted by Crippen LogP contribution is 2.35. The molecule has 1 N–H and O–H groups in total. The van der Waals surface area contributed by atoms with Crippen molar-refractivity contribution in [3.05, 3.63) is 90.3 Å². The van der Waals surface area contributed by atoms with Gasteiger partial charge in [-0.25, -0.2) is 33.6 Å². The second kappa shape index (κ2) is 10.3. The van der Waals surface area contributed by atoms with E-state index in [0.717, 1.165) is 30.8 Å². The minimum absolute atomic E-state index is 0.0171. The largest absolute Gasteiger partial charge is 0.760 e. The minimum Gasteiger partial charge on any atom is -0.760 e. The summed E-state index contributed by atoms with van der Waals surface area (Å²) in [5, 5.41) is 4.90. The third kappa shape index (κ3) is 4.88. The maximum absolute atomic E-state index is 13.9. The molecule has 10 nitrogen and oxygen atoms in total. The van der Waals surface area contributed by atoms with E-state index >= 15 is 0 Å². The highest BCUT2D eigenvalue weighted by Gasteiger charge is 2.28. The van der Waals surface area contributed by atoms with Gasteiger partial charge >= 0.3 is 0 Å². The Kier molecular flexibility index (Phi) is 6.58. The first-order valence-corrected chi connectivity index (χ1v) is 13.1. The quantitative estimate of drug-likeness (QED) is 0.317. The summed E-state index contributed by atoms with van der Waals surface area (Å²) >= 11 is -2.40. The minimum atomic E-state index is -2.40. The molecule has 2 unspecified atom stereocenters. The van der Waals surface area contributed by atoms with Crippen LogP contribution in [-0.2, 0) is 17.8 Å². The molecule has 4 aromatic heterocycles. The van der Waals surface area contributed by atoms with Crippen molar-refractivity contribution in [3.8, 4) is 22.8 Å². The summed E-state index contributed by atoms with van der Waals surface area (Å²) < 4.78 is 39.6. The van der Waals surface area contributed by atoms with Gasteiger partial charge in [-0.05, 0) is 60.9 Å². The average Bonchev–Trinajstić information content (AvgIpc) is 3.59. The Balaban J connectivity index is 1.33. The summed E-state index contributed by atoms with van der Waals surface area (Å²) in [6.45, 7) is 0.805. The van der Waals surface area contributed by atoms with E-state index in [2.05, 4.69) is 24.6 Å². The first-order valence-electron chi connectivity index (χ1n) is 12.0. The summed E-state index contributed by atoms with van der Waals surface area (Å²) in [6.07, 6.45) is 5.20. The highest BCUT2D eigenvalue weighted by atomic mass is 32.2. The number of nitrogens with one attached hydrogen (secondary N) is 1. The Morgan fingerprint density at radius 3 is 2.74 bits per heavy atom. The molecule has 12 heteroatoms. The standard InChI is InChI=1S/C26H23FN8O2S/c27-18-5-1-4-17(14-18)22-8-3-13-34(22)26-10-9-25-29-15-23(35(25)33-26)21-7-2-6-19(31-21)20-11-12-28-24(32-20)16-30-38(36)37/h1-2,4-7,9-12,14-15,22,30H,3,8,13,16H2,(H,36,37)/p-1. The van der Waals surface area contributed by atoms with E-state index < -0.39 is 11.3 Å². The third-order valence-electron chi connectivity index (χ3n) is 6.46. The second-order valence-electron chi connectivity index (χ2n) is 8.83. The number of halogens is 1. The maximum Gasteiger partial charge on any atom is 0.154 e. The molecule has 0 aliphatic carbocycles. The normalized spacial score (nSPS) is 16.3. The molecule has 0 amide bonds. The Morgan fingerprint density at radius 1 is 1.03 bits per heavy atom. The van der Waals surface area contributed by atoms with Crippen molar-refractivity contribution in [2.75, 3.05) is 11.4 Å². The monoisotopic (exact) mass is 529 g/mol. The van der Waals surface area contributed by atoms with Crippen molar-refractivity contribution < 1.29 is 13.2 Å². The van der Waals surface area contributed by atoms with Gasteiger partial charge in [-0.1, -0.05) is 18.2 Å². The van der Waals surface area contributed by atoms with Gasteiger partial charge in [0, 0.05) is 24.0 Å². The predicted molar refractivity (Wildman–Crippen MR) is 139 cm³/mol. The van der Waals surface area contributed by atoms with E-state index in [1.165, 1.54) is 6.07 Å². The van der Waals surface area contributed by atoms with Crippen LogP contribution in [0.15, 0.2) is 73.1 Å². The van der Waals surface area contributed by atoms with Gasteiger partial charge in [-0.2, -0.15) is 0 Å². The zero-order chi connectivity index (χ0) is 26.1.